The predicted molar refractivity (Wildman–Crippen MR) is 122 cm³/mol. The molecule has 1 aliphatic heterocycles. The fourth-order valence-corrected chi connectivity index (χ4v) is 4.49. The molecule has 0 saturated carbocycles. The van der Waals surface area contributed by atoms with E-state index < -0.39 is 10.0 Å². The predicted octanol–water partition coefficient (Wildman–Crippen LogP) is 1.87. The SMILES string of the molecule is C=CCNS(=O)(=O)c1ccc(C(=O)NC(CN2CCN(C)CC2)c2ccccc2)cc1. The monoisotopic (exact) mass is 442 g/mol. The molecule has 3 rings (SSSR count). The van der Waals surface area contributed by atoms with E-state index in [1.165, 1.54) is 30.3 Å². The third-order valence-electron chi connectivity index (χ3n) is 5.39. The van der Waals surface area contributed by atoms with Crippen molar-refractivity contribution >= 4 is 15.9 Å². The fraction of sp³-hybridized carbons (Fsp3) is 0.348. The van der Waals surface area contributed by atoms with Crippen molar-refractivity contribution in [1.29, 1.82) is 0 Å². The molecular formula is C23H30N4O3S. The summed E-state index contributed by atoms with van der Waals surface area (Å²) >= 11 is 0. The van der Waals surface area contributed by atoms with Crippen LogP contribution in [0.1, 0.15) is 22.0 Å². The first-order valence-corrected chi connectivity index (χ1v) is 11.8. The van der Waals surface area contributed by atoms with Crippen LogP contribution in [0.15, 0.2) is 72.1 Å². The number of sulfonamides is 1. The number of nitrogens with one attached hydrogen (secondary N) is 2. The number of nitrogens with zero attached hydrogens (tertiary/aromatic N) is 2. The quantitative estimate of drug-likeness (QED) is 0.580. The summed E-state index contributed by atoms with van der Waals surface area (Å²) in [4.78, 5) is 17.7. The Labute approximate surface area is 184 Å². The van der Waals surface area contributed by atoms with Crippen molar-refractivity contribution in [1.82, 2.24) is 19.8 Å². The van der Waals surface area contributed by atoms with Crippen molar-refractivity contribution in [3.05, 3.63) is 78.4 Å². The van der Waals surface area contributed by atoms with E-state index in [2.05, 4.69) is 33.5 Å². The Balaban J connectivity index is 1.72. The van der Waals surface area contributed by atoms with Crippen LogP contribution in [0.5, 0.6) is 0 Å². The Kier molecular flexibility index (Phi) is 7.97. The molecule has 166 valence electrons. The number of hydrogen-bond acceptors (Lipinski definition) is 5. The van der Waals surface area contributed by atoms with Crippen LogP contribution in [-0.4, -0.2) is 70.4 Å². The van der Waals surface area contributed by atoms with Gasteiger partial charge in [-0.1, -0.05) is 36.4 Å². The molecule has 1 heterocycles. The lowest BCUT2D eigenvalue weighted by atomic mass is 10.0. The van der Waals surface area contributed by atoms with Crippen LogP contribution in [-0.2, 0) is 10.0 Å². The van der Waals surface area contributed by atoms with E-state index in [1.54, 1.807) is 0 Å². The van der Waals surface area contributed by atoms with Gasteiger partial charge in [0, 0.05) is 44.8 Å². The second-order valence-corrected chi connectivity index (χ2v) is 9.47. The summed E-state index contributed by atoms with van der Waals surface area (Å²) in [5.41, 5.74) is 1.46. The van der Waals surface area contributed by atoms with Gasteiger partial charge in [0.2, 0.25) is 10.0 Å². The largest absolute Gasteiger partial charge is 0.344 e. The minimum atomic E-state index is -3.62. The van der Waals surface area contributed by atoms with Crippen molar-refractivity contribution in [3.8, 4) is 0 Å². The first-order chi connectivity index (χ1) is 14.9. The highest BCUT2D eigenvalue weighted by Gasteiger charge is 2.22. The molecule has 2 aromatic rings. The molecule has 1 amide bonds. The van der Waals surface area contributed by atoms with Crippen LogP contribution >= 0.6 is 0 Å². The zero-order valence-corrected chi connectivity index (χ0v) is 18.6. The average molecular weight is 443 g/mol. The number of likely N-dealkylation sites (N-methyl/N-ethyl adjacent to an activating group) is 1. The van der Waals surface area contributed by atoms with Gasteiger partial charge in [0.05, 0.1) is 10.9 Å². The summed E-state index contributed by atoms with van der Waals surface area (Å²) in [5, 5.41) is 3.13. The second-order valence-electron chi connectivity index (χ2n) is 7.71. The van der Waals surface area contributed by atoms with Gasteiger partial charge in [0.1, 0.15) is 0 Å². The van der Waals surface area contributed by atoms with Crippen molar-refractivity contribution in [2.75, 3.05) is 46.3 Å². The average Bonchev–Trinajstić information content (AvgIpc) is 2.79. The van der Waals surface area contributed by atoms with E-state index in [9.17, 15) is 13.2 Å². The molecule has 0 bridgehead atoms. The number of piperazine rings is 1. The standard InChI is InChI=1S/C23H30N4O3S/c1-3-13-24-31(29,30)21-11-9-20(10-12-21)23(28)25-22(19-7-5-4-6-8-19)18-27-16-14-26(2)15-17-27/h3-12,22,24H,1,13-18H2,2H3,(H,25,28). The van der Waals surface area contributed by atoms with Gasteiger partial charge < -0.3 is 10.2 Å². The second kappa shape index (κ2) is 10.7. The molecule has 0 spiro atoms. The molecule has 2 N–H and O–H groups in total. The number of rotatable bonds is 9. The zero-order chi connectivity index (χ0) is 22.3. The maximum atomic E-state index is 12.9. The molecule has 1 unspecified atom stereocenters. The van der Waals surface area contributed by atoms with Gasteiger partial charge in [-0.15, -0.1) is 6.58 Å². The Morgan fingerprint density at radius 2 is 1.71 bits per heavy atom. The van der Waals surface area contributed by atoms with Gasteiger partial charge >= 0.3 is 0 Å². The Hall–Kier alpha value is -2.52. The first-order valence-electron chi connectivity index (χ1n) is 10.4. The van der Waals surface area contributed by atoms with Crippen LogP contribution in [0, 0.1) is 0 Å². The van der Waals surface area contributed by atoms with Gasteiger partial charge in [-0.05, 0) is 36.9 Å². The molecular weight excluding hydrogens is 412 g/mol. The highest BCUT2D eigenvalue weighted by atomic mass is 32.2. The Bertz CT molecular complexity index is 970. The topological polar surface area (TPSA) is 81.7 Å². The van der Waals surface area contributed by atoms with E-state index in [4.69, 9.17) is 0 Å². The van der Waals surface area contributed by atoms with E-state index in [1.807, 2.05) is 30.3 Å². The normalized spacial score (nSPS) is 16.5. The van der Waals surface area contributed by atoms with Crippen LogP contribution in [0.25, 0.3) is 0 Å². The molecule has 1 atom stereocenters. The van der Waals surface area contributed by atoms with Crippen LogP contribution in [0.2, 0.25) is 0 Å². The van der Waals surface area contributed by atoms with Gasteiger partial charge in [-0.3, -0.25) is 9.69 Å². The van der Waals surface area contributed by atoms with Crippen molar-refractivity contribution in [2.45, 2.75) is 10.9 Å². The van der Waals surface area contributed by atoms with E-state index >= 15 is 0 Å². The van der Waals surface area contributed by atoms with Crippen LogP contribution < -0.4 is 10.0 Å². The molecule has 1 aliphatic rings. The first kappa shape index (κ1) is 23.1. The molecule has 31 heavy (non-hydrogen) atoms. The smallest absolute Gasteiger partial charge is 0.251 e. The minimum absolute atomic E-state index is 0.114. The lowest BCUT2D eigenvalue weighted by Gasteiger charge is -2.35. The summed E-state index contributed by atoms with van der Waals surface area (Å²) in [7, 11) is -1.50. The lowest BCUT2D eigenvalue weighted by molar-refractivity contribution is 0.0907. The Morgan fingerprint density at radius 1 is 1.06 bits per heavy atom. The van der Waals surface area contributed by atoms with Crippen molar-refractivity contribution in [2.24, 2.45) is 0 Å². The van der Waals surface area contributed by atoms with Crippen LogP contribution in [0.3, 0.4) is 0 Å². The lowest BCUT2D eigenvalue weighted by Crippen LogP contribution is -2.47. The minimum Gasteiger partial charge on any atom is -0.344 e. The highest BCUT2D eigenvalue weighted by Crippen LogP contribution is 2.17. The summed E-state index contributed by atoms with van der Waals surface area (Å²) in [6.07, 6.45) is 1.48. The highest BCUT2D eigenvalue weighted by molar-refractivity contribution is 7.89. The van der Waals surface area contributed by atoms with Gasteiger partial charge in [-0.25, -0.2) is 13.1 Å². The van der Waals surface area contributed by atoms with Crippen LogP contribution in [0.4, 0.5) is 0 Å². The van der Waals surface area contributed by atoms with Gasteiger partial charge in [0.25, 0.3) is 5.91 Å². The number of carbonyl (C=O) groups is 1. The summed E-state index contributed by atoms with van der Waals surface area (Å²) in [5.74, 6) is -0.231. The fourth-order valence-electron chi connectivity index (χ4n) is 3.49. The molecule has 0 radical (unpaired) electrons. The third kappa shape index (κ3) is 6.48. The number of amides is 1. The van der Waals surface area contributed by atoms with Gasteiger partial charge in [-0.2, -0.15) is 0 Å². The molecule has 2 aromatic carbocycles. The third-order valence-corrected chi connectivity index (χ3v) is 6.83. The molecule has 1 saturated heterocycles. The van der Waals surface area contributed by atoms with Gasteiger partial charge in [0.15, 0.2) is 0 Å². The molecule has 0 aliphatic carbocycles. The summed E-state index contributed by atoms with van der Waals surface area (Å²) in [6, 6.07) is 15.7. The molecule has 0 aromatic heterocycles. The van der Waals surface area contributed by atoms with E-state index in [-0.39, 0.29) is 23.4 Å². The summed E-state index contributed by atoms with van der Waals surface area (Å²) in [6.45, 7) is 8.31. The maximum absolute atomic E-state index is 12.9. The summed E-state index contributed by atoms with van der Waals surface area (Å²) < 4.78 is 26.8. The van der Waals surface area contributed by atoms with Crippen molar-refractivity contribution < 1.29 is 13.2 Å². The molecule has 1 fully saturated rings. The number of carbonyl (C=O) groups excluding carboxylic acids is 1. The molecule has 8 heteroatoms. The van der Waals surface area contributed by atoms with E-state index in [0.717, 1.165) is 38.3 Å². The Morgan fingerprint density at radius 3 is 2.32 bits per heavy atom. The zero-order valence-electron chi connectivity index (χ0n) is 17.8. The van der Waals surface area contributed by atoms with Crippen molar-refractivity contribution in [3.63, 3.8) is 0 Å². The molecule has 7 nitrogen and oxygen atoms in total. The number of hydrogen-bond donors (Lipinski definition) is 2. The van der Waals surface area contributed by atoms with E-state index in [0.29, 0.717) is 5.56 Å². The number of benzene rings is 2. The maximum Gasteiger partial charge on any atom is 0.251 e.